The van der Waals surface area contributed by atoms with Gasteiger partial charge in [0.25, 0.3) is 11.8 Å². The van der Waals surface area contributed by atoms with Crippen molar-refractivity contribution in [3.8, 4) is 5.75 Å². The first-order valence-electron chi connectivity index (χ1n) is 11.2. The van der Waals surface area contributed by atoms with Crippen LogP contribution in [0.1, 0.15) is 61.9 Å². The average molecular weight is 419 g/mol. The van der Waals surface area contributed by atoms with Crippen molar-refractivity contribution in [1.82, 2.24) is 4.90 Å². The standard InChI is InChI=1S/C23H29F2N2O3/c24-23(25)9-11-26(12-10-23)22(28)21-16-17-15-19(7-8-20(17)29-21)30-27(18-5-4-6-18)13-2-1-3-14-27/h7-8,15-16,18H,1-6,9-14H2/q+1. The third-order valence-electron chi connectivity index (χ3n) is 7.08. The zero-order chi connectivity index (χ0) is 20.8. The molecule has 0 unspecified atom stereocenters. The maximum absolute atomic E-state index is 13.4. The number of fused-ring (bicyclic) bond motifs is 1. The first-order chi connectivity index (χ1) is 14.4. The quantitative estimate of drug-likeness (QED) is 0.644. The van der Waals surface area contributed by atoms with Crippen LogP contribution in [0, 0.1) is 0 Å². The van der Waals surface area contributed by atoms with Crippen LogP contribution < -0.4 is 4.84 Å². The van der Waals surface area contributed by atoms with Crippen molar-refractivity contribution in [3.05, 3.63) is 30.0 Å². The molecule has 0 bridgehead atoms. The maximum Gasteiger partial charge on any atom is 0.289 e. The summed E-state index contributed by atoms with van der Waals surface area (Å²) in [5.74, 6) is -2.00. The molecule has 2 saturated heterocycles. The Bertz CT molecular complexity index is 922. The monoisotopic (exact) mass is 419 g/mol. The van der Waals surface area contributed by atoms with Gasteiger partial charge in [0.1, 0.15) is 24.7 Å². The molecule has 1 aromatic heterocycles. The zero-order valence-electron chi connectivity index (χ0n) is 17.2. The smallest absolute Gasteiger partial charge is 0.289 e. The number of quaternary nitrogens is 1. The summed E-state index contributed by atoms with van der Waals surface area (Å²) in [6, 6.07) is 7.98. The fraction of sp³-hybridized carbons (Fsp3) is 0.609. The van der Waals surface area contributed by atoms with E-state index < -0.39 is 5.92 Å². The predicted octanol–water partition coefficient (Wildman–Crippen LogP) is 5.15. The molecule has 2 aliphatic heterocycles. The van der Waals surface area contributed by atoms with E-state index in [1.807, 2.05) is 18.2 Å². The fourth-order valence-corrected chi connectivity index (χ4v) is 5.02. The summed E-state index contributed by atoms with van der Waals surface area (Å²) in [6.45, 7) is 2.21. The van der Waals surface area contributed by atoms with Gasteiger partial charge in [0.05, 0.1) is 0 Å². The van der Waals surface area contributed by atoms with Gasteiger partial charge in [-0.25, -0.2) is 8.78 Å². The molecule has 7 heteroatoms. The number of halogens is 2. The Morgan fingerprint density at radius 2 is 1.80 bits per heavy atom. The Hall–Kier alpha value is -2.15. The molecule has 0 spiro atoms. The van der Waals surface area contributed by atoms with Crippen molar-refractivity contribution in [2.24, 2.45) is 0 Å². The van der Waals surface area contributed by atoms with Gasteiger partial charge < -0.3 is 14.2 Å². The number of nitrogens with zero attached hydrogens (tertiary/aromatic N) is 2. The molecule has 2 aromatic rings. The van der Waals surface area contributed by atoms with Crippen LogP contribution in [0.3, 0.4) is 0 Å². The predicted molar refractivity (Wildman–Crippen MR) is 108 cm³/mol. The molecular weight excluding hydrogens is 390 g/mol. The average Bonchev–Trinajstić information content (AvgIpc) is 3.10. The number of benzene rings is 1. The minimum Gasteiger partial charge on any atom is -0.451 e. The van der Waals surface area contributed by atoms with E-state index in [0.29, 0.717) is 11.6 Å². The largest absolute Gasteiger partial charge is 0.451 e. The van der Waals surface area contributed by atoms with Gasteiger partial charge in [0.2, 0.25) is 0 Å². The lowest BCUT2D eigenvalue weighted by Gasteiger charge is -2.47. The van der Waals surface area contributed by atoms with E-state index in [1.165, 1.54) is 43.4 Å². The number of hydrogen-bond acceptors (Lipinski definition) is 3. The molecule has 3 fully saturated rings. The van der Waals surface area contributed by atoms with Crippen molar-refractivity contribution in [3.63, 3.8) is 0 Å². The lowest BCUT2D eigenvalue weighted by Crippen LogP contribution is -2.62. The Morgan fingerprint density at radius 3 is 2.47 bits per heavy atom. The molecule has 3 heterocycles. The second-order valence-electron chi connectivity index (χ2n) is 9.09. The Morgan fingerprint density at radius 1 is 1.07 bits per heavy atom. The van der Waals surface area contributed by atoms with Gasteiger partial charge in [-0.2, -0.15) is 0 Å². The number of carbonyl (C=O) groups excluding carboxylic acids is 1. The molecule has 162 valence electrons. The van der Waals surface area contributed by atoms with E-state index in [9.17, 15) is 13.6 Å². The van der Waals surface area contributed by atoms with E-state index in [2.05, 4.69) is 0 Å². The number of carbonyl (C=O) groups is 1. The first-order valence-corrected chi connectivity index (χ1v) is 11.2. The van der Waals surface area contributed by atoms with Crippen LogP contribution in [0.15, 0.2) is 28.7 Å². The normalized spacial score (nSPS) is 23.9. The number of amides is 1. The molecule has 0 radical (unpaired) electrons. The number of rotatable bonds is 4. The third-order valence-corrected chi connectivity index (χ3v) is 7.08. The number of furan rings is 1. The molecule has 1 amide bonds. The van der Waals surface area contributed by atoms with E-state index in [-0.39, 0.29) is 37.6 Å². The summed E-state index contributed by atoms with van der Waals surface area (Å²) in [5.41, 5.74) is 0.613. The lowest BCUT2D eigenvalue weighted by molar-refractivity contribution is -1.10. The molecule has 3 aliphatic rings. The maximum atomic E-state index is 13.4. The van der Waals surface area contributed by atoms with Crippen LogP contribution in [0.5, 0.6) is 5.75 Å². The number of alkyl halides is 2. The van der Waals surface area contributed by atoms with Crippen LogP contribution in [0.25, 0.3) is 11.0 Å². The minimum absolute atomic E-state index is 0.0542. The second kappa shape index (κ2) is 7.52. The topological polar surface area (TPSA) is 42.7 Å². The molecule has 30 heavy (non-hydrogen) atoms. The summed E-state index contributed by atoms with van der Waals surface area (Å²) >= 11 is 0. The van der Waals surface area contributed by atoms with E-state index in [4.69, 9.17) is 9.25 Å². The molecule has 0 atom stereocenters. The van der Waals surface area contributed by atoms with Gasteiger partial charge in [-0.05, 0) is 37.1 Å². The van der Waals surface area contributed by atoms with Crippen molar-refractivity contribution in [1.29, 1.82) is 0 Å². The van der Waals surface area contributed by atoms with E-state index >= 15 is 0 Å². The first kappa shape index (κ1) is 19.8. The van der Waals surface area contributed by atoms with Gasteiger partial charge in [-0.1, -0.05) is 0 Å². The Labute approximate surface area is 175 Å². The van der Waals surface area contributed by atoms with Gasteiger partial charge in [0.15, 0.2) is 11.5 Å². The van der Waals surface area contributed by atoms with Crippen LogP contribution in [0.2, 0.25) is 0 Å². The van der Waals surface area contributed by atoms with Crippen LogP contribution in [-0.4, -0.2) is 53.6 Å². The summed E-state index contributed by atoms with van der Waals surface area (Å²) in [7, 11) is 0. The minimum atomic E-state index is -2.68. The SMILES string of the molecule is O=C(c1cc2cc(O[N+]3(C4CCC4)CCCCC3)ccc2o1)N1CCC(F)(F)CC1. The number of piperidine rings is 2. The summed E-state index contributed by atoms with van der Waals surface area (Å²) in [5, 5.41) is 0.807. The lowest BCUT2D eigenvalue weighted by atomic mass is 9.89. The van der Waals surface area contributed by atoms with E-state index in [0.717, 1.165) is 28.9 Å². The van der Waals surface area contributed by atoms with Gasteiger partial charge in [0, 0.05) is 57.0 Å². The van der Waals surface area contributed by atoms with Crippen LogP contribution >= 0.6 is 0 Å². The highest BCUT2D eigenvalue weighted by molar-refractivity contribution is 5.96. The highest BCUT2D eigenvalue weighted by atomic mass is 19.3. The number of hydroxylamine groups is 3. The second-order valence-corrected chi connectivity index (χ2v) is 9.09. The third kappa shape index (κ3) is 3.68. The van der Waals surface area contributed by atoms with Gasteiger partial charge in [-0.15, -0.1) is 4.65 Å². The molecule has 1 saturated carbocycles. The van der Waals surface area contributed by atoms with Gasteiger partial charge >= 0.3 is 0 Å². The summed E-state index contributed by atoms with van der Waals surface area (Å²) in [4.78, 5) is 20.8. The molecule has 5 nitrogen and oxygen atoms in total. The van der Waals surface area contributed by atoms with Crippen LogP contribution in [-0.2, 0) is 0 Å². The van der Waals surface area contributed by atoms with Crippen LogP contribution in [0.4, 0.5) is 8.78 Å². The number of hydrogen-bond donors (Lipinski definition) is 0. The molecule has 5 rings (SSSR count). The van der Waals surface area contributed by atoms with Crippen molar-refractivity contribution in [2.45, 2.75) is 63.3 Å². The molecule has 1 aromatic carbocycles. The fourth-order valence-electron chi connectivity index (χ4n) is 5.02. The van der Waals surface area contributed by atoms with Crippen molar-refractivity contribution >= 4 is 16.9 Å². The van der Waals surface area contributed by atoms with Crippen molar-refractivity contribution in [2.75, 3.05) is 26.2 Å². The zero-order valence-corrected chi connectivity index (χ0v) is 17.2. The Balaban J connectivity index is 1.34. The molecule has 1 aliphatic carbocycles. The van der Waals surface area contributed by atoms with E-state index in [1.54, 1.807) is 6.07 Å². The molecular formula is C23H29F2N2O3+. The summed E-state index contributed by atoms with van der Waals surface area (Å²) in [6.07, 6.45) is 6.79. The van der Waals surface area contributed by atoms with Gasteiger partial charge in [-0.3, -0.25) is 4.79 Å². The summed E-state index contributed by atoms with van der Waals surface area (Å²) < 4.78 is 33.2. The molecule has 0 N–H and O–H groups in total. The highest BCUT2D eigenvalue weighted by Crippen LogP contribution is 2.37. The number of likely N-dealkylation sites (tertiary alicyclic amines) is 2. The Kier molecular flexibility index (Phi) is 4.96. The highest BCUT2D eigenvalue weighted by Gasteiger charge is 2.45. The van der Waals surface area contributed by atoms with Crippen molar-refractivity contribution < 1.29 is 27.5 Å².